The Labute approximate surface area is 133 Å². The van der Waals surface area contributed by atoms with Crippen molar-refractivity contribution >= 4 is 22.6 Å². The number of carbonyl (C=O) groups is 1. The molecule has 0 bridgehead atoms. The first-order chi connectivity index (χ1) is 11.2. The molecule has 1 aromatic heterocycles. The van der Waals surface area contributed by atoms with Crippen LogP contribution in [-0.4, -0.2) is 29.3 Å². The van der Waals surface area contributed by atoms with E-state index in [2.05, 4.69) is 15.5 Å². The van der Waals surface area contributed by atoms with Gasteiger partial charge in [0.2, 0.25) is 0 Å². The summed E-state index contributed by atoms with van der Waals surface area (Å²) in [7, 11) is 1.59. The van der Waals surface area contributed by atoms with Gasteiger partial charge in [-0.2, -0.15) is 5.10 Å². The fraction of sp³-hybridized carbons (Fsp3) is 0.176. The van der Waals surface area contributed by atoms with Crippen molar-refractivity contribution in [1.82, 2.24) is 10.2 Å². The molecule has 3 rings (SSSR count). The number of rotatable bonds is 5. The Kier molecular flexibility index (Phi) is 4.14. The van der Waals surface area contributed by atoms with E-state index in [0.717, 1.165) is 10.9 Å². The van der Waals surface area contributed by atoms with Crippen molar-refractivity contribution in [2.45, 2.75) is 13.0 Å². The molecule has 0 fully saturated rings. The molecule has 1 atom stereocenters. The minimum absolute atomic E-state index is 0.273. The molecule has 1 amide bonds. The summed E-state index contributed by atoms with van der Waals surface area (Å²) in [6.45, 7) is 1.69. The molecule has 0 aliphatic carbocycles. The molecule has 0 spiro atoms. The molecule has 0 radical (unpaired) electrons. The molecule has 2 aromatic carbocycles. The predicted molar refractivity (Wildman–Crippen MR) is 87.8 cm³/mol. The molecule has 1 heterocycles. The van der Waals surface area contributed by atoms with E-state index in [-0.39, 0.29) is 5.91 Å². The summed E-state index contributed by atoms with van der Waals surface area (Å²) in [6.07, 6.45) is -0.644. The number of hydrogen-bond donors (Lipinski definition) is 2. The average Bonchev–Trinajstić information content (AvgIpc) is 2.97. The fourth-order valence-corrected chi connectivity index (χ4v) is 2.19. The highest BCUT2D eigenvalue weighted by Crippen LogP contribution is 2.25. The number of anilines is 1. The summed E-state index contributed by atoms with van der Waals surface area (Å²) in [4.78, 5) is 12.3. The second kappa shape index (κ2) is 6.39. The van der Waals surface area contributed by atoms with Crippen LogP contribution in [0.15, 0.2) is 48.5 Å². The van der Waals surface area contributed by atoms with Crippen LogP contribution in [0.4, 0.5) is 5.82 Å². The number of benzene rings is 2. The highest BCUT2D eigenvalue weighted by atomic mass is 16.5. The summed E-state index contributed by atoms with van der Waals surface area (Å²) in [6, 6.07) is 14.7. The molecule has 6 heteroatoms. The van der Waals surface area contributed by atoms with Gasteiger partial charge in [0.25, 0.3) is 5.91 Å². The van der Waals surface area contributed by atoms with Crippen molar-refractivity contribution < 1.29 is 14.3 Å². The van der Waals surface area contributed by atoms with Gasteiger partial charge in [0.05, 0.1) is 12.6 Å². The van der Waals surface area contributed by atoms with Gasteiger partial charge in [-0.25, -0.2) is 0 Å². The number of aromatic amines is 1. The topological polar surface area (TPSA) is 76.2 Å². The number of H-pyrrole nitrogens is 1. The fourth-order valence-electron chi connectivity index (χ4n) is 2.19. The monoisotopic (exact) mass is 311 g/mol. The van der Waals surface area contributed by atoms with Crippen LogP contribution in [0.2, 0.25) is 0 Å². The lowest BCUT2D eigenvalue weighted by Gasteiger charge is -2.13. The zero-order valence-corrected chi connectivity index (χ0v) is 12.9. The largest absolute Gasteiger partial charge is 0.497 e. The van der Waals surface area contributed by atoms with Crippen molar-refractivity contribution in [1.29, 1.82) is 0 Å². The van der Waals surface area contributed by atoms with Gasteiger partial charge in [-0.3, -0.25) is 9.89 Å². The molecule has 3 aromatic rings. The number of amides is 1. The number of hydrogen-bond acceptors (Lipinski definition) is 4. The maximum absolute atomic E-state index is 12.3. The van der Waals surface area contributed by atoms with E-state index in [9.17, 15) is 4.79 Å². The highest BCUT2D eigenvalue weighted by molar-refractivity contribution is 6.01. The molecule has 118 valence electrons. The zero-order chi connectivity index (χ0) is 16.2. The summed E-state index contributed by atoms with van der Waals surface area (Å²) >= 11 is 0. The van der Waals surface area contributed by atoms with Gasteiger partial charge < -0.3 is 14.8 Å². The van der Waals surface area contributed by atoms with Crippen LogP contribution in [-0.2, 0) is 4.79 Å². The molecule has 0 aliphatic heterocycles. The maximum Gasteiger partial charge on any atom is 0.266 e. The first kappa shape index (κ1) is 14.9. The molecule has 6 nitrogen and oxygen atoms in total. The number of ether oxygens (including phenoxy) is 2. The third kappa shape index (κ3) is 3.26. The number of fused-ring (bicyclic) bond motifs is 1. The van der Waals surface area contributed by atoms with Gasteiger partial charge in [-0.15, -0.1) is 0 Å². The minimum atomic E-state index is -0.644. The third-order valence-corrected chi connectivity index (χ3v) is 3.44. The second-order valence-electron chi connectivity index (χ2n) is 5.05. The van der Waals surface area contributed by atoms with Gasteiger partial charge >= 0.3 is 0 Å². The smallest absolute Gasteiger partial charge is 0.266 e. The molecule has 0 saturated carbocycles. The lowest BCUT2D eigenvalue weighted by Crippen LogP contribution is -2.30. The van der Waals surface area contributed by atoms with E-state index < -0.39 is 6.10 Å². The molecule has 1 unspecified atom stereocenters. The van der Waals surface area contributed by atoms with Gasteiger partial charge in [0.1, 0.15) is 11.5 Å². The number of methoxy groups -OCH3 is 1. The molecular formula is C17H17N3O3. The van der Waals surface area contributed by atoms with Crippen LogP contribution in [0.25, 0.3) is 10.9 Å². The van der Waals surface area contributed by atoms with Crippen LogP contribution >= 0.6 is 0 Å². The number of carbonyl (C=O) groups excluding carboxylic acids is 1. The first-order valence-electron chi connectivity index (χ1n) is 7.22. The van der Waals surface area contributed by atoms with Gasteiger partial charge in [0.15, 0.2) is 11.9 Å². The summed E-state index contributed by atoms with van der Waals surface area (Å²) < 4.78 is 10.8. The van der Waals surface area contributed by atoms with Crippen LogP contribution in [0, 0.1) is 0 Å². The zero-order valence-electron chi connectivity index (χ0n) is 12.9. The van der Waals surface area contributed by atoms with Crippen molar-refractivity contribution in [2.75, 3.05) is 12.4 Å². The predicted octanol–water partition coefficient (Wildman–Crippen LogP) is 2.98. The van der Waals surface area contributed by atoms with Crippen molar-refractivity contribution in [2.24, 2.45) is 0 Å². The van der Waals surface area contributed by atoms with Crippen LogP contribution in [0.3, 0.4) is 0 Å². The molecule has 0 saturated heterocycles. The SMILES string of the molecule is COc1ccc2[nH]nc(NC(=O)C(C)Oc3ccccc3)c2c1. The number of para-hydroxylation sites is 1. The standard InChI is InChI=1S/C17H17N3O3/c1-11(23-12-6-4-3-5-7-12)17(21)18-16-14-10-13(22-2)8-9-15(14)19-20-16/h3-11H,1-2H3,(H2,18,19,20,21). The van der Waals surface area contributed by atoms with Crippen LogP contribution < -0.4 is 14.8 Å². The molecule has 0 aliphatic rings. The normalized spacial score (nSPS) is 11.9. The van der Waals surface area contributed by atoms with Gasteiger partial charge in [0, 0.05) is 5.39 Å². The Hall–Kier alpha value is -3.02. The third-order valence-electron chi connectivity index (χ3n) is 3.44. The Morgan fingerprint density at radius 3 is 2.70 bits per heavy atom. The Balaban J connectivity index is 1.74. The summed E-state index contributed by atoms with van der Waals surface area (Å²) in [5, 5.41) is 10.6. The van der Waals surface area contributed by atoms with Gasteiger partial charge in [-0.05, 0) is 37.3 Å². The van der Waals surface area contributed by atoms with Gasteiger partial charge in [-0.1, -0.05) is 18.2 Å². The Morgan fingerprint density at radius 2 is 1.96 bits per heavy atom. The van der Waals surface area contributed by atoms with E-state index in [0.29, 0.717) is 17.3 Å². The summed E-state index contributed by atoms with van der Waals surface area (Å²) in [5.74, 6) is 1.52. The van der Waals surface area contributed by atoms with Crippen LogP contribution in [0.1, 0.15) is 6.92 Å². The van der Waals surface area contributed by atoms with E-state index >= 15 is 0 Å². The second-order valence-corrected chi connectivity index (χ2v) is 5.05. The lowest BCUT2D eigenvalue weighted by molar-refractivity contribution is -0.122. The highest BCUT2D eigenvalue weighted by Gasteiger charge is 2.17. The molecular weight excluding hydrogens is 294 g/mol. The van der Waals surface area contributed by atoms with Crippen LogP contribution in [0.5, 0.6) is 11.5 Å². The van der Waals surface area contributed by atoms with E-state index in [4.69, 9.17) is 9.47 Å². The number of nitrogens with zero attached hydrogens (tertiary/aromatic N) is 1. The van der Waals surface area contributed by atoms with Crippen molar-refractivity contribution in [3.63, 3.8) is 0 Å². The summed E-state index contributed by atoms with van der Waals surface area (Å²) in [5.41, 5.74) is 0.817. The van der Waals surface area contributed by atoms with E-state index in [1.165, 1.54) is 0 Å². The van der Waals surface area contributed by atoms with Crippen molar-refractivity contribution in [3.8, 4) is 11.5 Å². The maximum atomic E-state index is 12.3. The van der Waals surface area contributed by atoms with Crippen molar-refractivity contribution in [3.05, 3.63) is 48.5 Å². The Morgan fingerprint density at radius 1 is 1.17 bits per heavy atom. The van der Waals surface area contributed by atoms with E-state index in [1.807, 2.05) is 36.4 Å². The first-order valence-corrected chi connectivity index (χ1v) is 7.22. The minimum Gasteiger partial charge on any atom is -0.497 e. The van der Waals surface area contributed by atoms with E-state index in [1.54, 1.807) is 26.2 Å². The number of aromatic nitrogens is 2. The average molecular weight is 311 g/mol. The molecule has 23 heavy (non-hydrogen) atoms. The molecule has 2 N–H and O–H groups in total. The number of nitrogens with one attached hydrogen (secondary N) is 2. The Bertz CT molecular complexity index is 814. The quantitative estimate of drug-likeness (QED) is 0.759. The lowest BCUT2D eigenvalue weighted by atomic mass is 10.2.